The van der Waals surface area contributed by atoms with E-state index in [0.29, 0.717) is 0 Å². The zero-order chi connectivity index (χ0) is 17.2. The van der Waals surface area contributed by atoms with Gasteiger partial charge in [-0.15, -0.1) is 11.3 Å². The molecule has 4 heteroatoms. The lowest BCUT2D eigenvalue weighted by Crippen LogP contribution is -2.28. The van der Waals surface area contributed by atoms with E-state index in [1.165, 1.54) is 42.9 Å². The number of nitrogens with zero attached hydrogens (tertiary/aromatic N) is 2. The lowest BCUT2D eigenvalue weighted by atomic mass is 9.86. The third kappa shape index (κ3) is 3.98. The van der Waals surface area contributed by atoms with Gasteiger partial charge >= 0.3 is 0 Å². The quantitative estimate of drug-likeness (QED) is 0.771. The molecule has 1 aromatic heterocycles. The molecule has 1 aromatic carbocycles. The van der Waals surface area contributed by atoms with Gasteiger partial charge in [0.05, 0.1) is 19.3 Å². The van der Waals surface area contributed by atoms with Gasteiger partial charge in [0.1, 0.15) is 10.8 Å². The minimum absolute atomic E-state index is 0.119. The summed E-state index contributed by atoms with van der Waals surface area (Å²) in [7, 11) is 1.73. The number of rotatable bonds is 4. The summed E-state index contributed by atoms with van der Waals surface area (Å²) in [5.74, 6) is 0.901. The maximum Gasteiger partial charge on any atom is 0.128 e. The van der Waals surface area contributed by atoms with Crippen LogP contribution in [-0.4, -0.2) is 30.1 Å². The molecule has 0 aliphatic carbocycles. The summed E-state index contributed by atoms with van der Waals surface area (Å²) in [5.41, 5.74) is 3.57. The first-order valence-electron chi connectivity index (χ1n) is 8.83. The van der Waals surface area contributed by atoms with Gasteiger partial charge in [-0.2, -0.15) is 0 Å². The number of piperidine rings is 1. The van der Waals surface area contributed by atoms with Crippen LogP contribution in [0.3, 0.4) is 0 Å². The molecule has 2 heterocycles. The standard InChI is InChI=1S/C20H28N2OS/c1-20(2,3)15-8-9-18(23-4)16(12-15)17-14-24-19(21-17)13-22-10-6-5-7-11-22/h8-9,12,14H,5-7,10-11,13H2,1-4H3. The van der Waals surface area contributed by atoms with Crippen LogP contribution >= 0.6 is 11.3 Å². The highest BCUT2D eigenvalue weighted by molar-refractivity contribution is 7.09. The molecule has 0 amide bonds. The van der Waals surface area contributed by atoms with E-state index in [4.69, 9.17) is 9.72 Å². The molecule has 24 heavy (non-hydrogen) atoms. The Morgan fingerprint density at radius 2 is 1.92 bits per heavy atom. The Balaban J connectivity index is 1.85. The smallest absolute Gasteiger partial charge is 0.128 e. The predicted octanol–water partition coefficient (Wildman–Crippen LogP) is 5.10. The summed E-state index contributed by atoms with van der Waals surface area (Å²) in [5, 5.41) is 3.37. The first-order chi connectivity index (χ1) is 11.5. The normalized spacial score (nSPS) is 16.3. The number of thiazole rings is 1. The molecule has 0 bridgehead atoms. The van der Waals surface area contributed by atoms with Crippen molar-refractivity contribution in [1.82, 2.24) is 9.88 Å². The van der Waals surface area contributed by atoms with E-state index >= 15 is 0 Å². The van der Waals surface area contributed by atoms with Crippen LogP contribution in [0.25, 0.3) is 11.3 Å². The van der Waals surface area contributed by atoms with Crippen molar-refractivity contribution >= 4 is 11.3 Å². The number of likely N-dealkylation sites (tertiary alicyclic amines) is 1. The number of methoxy groups -OCH3 is 1. The van der Waals surface area contributed by atoms with Crippen molar-refractivity contribution in [3.05, 3.63) is 34.2 Å². The summed E-state index contributed by atoms with van der Waals surface area (Å²) in [6.45, 7) is 10.1. The predicted molar refractivity (Wildman–Crippen MR) is 102 cm³/mol. The molecular formula is C20H28N2OS. The number of hydrogen-bond acceptors (Lipinski definition) is 4. The van der Waals surface area contributed by atoms with Gasteiger partial charge in [-0.1, -0.05) is 33.3 Å². The molecule has 1 aliphatic heterocycles. The van der Waals surface area contributed by atoms with E-state index in [9.17, 15) is 0 Å². The molecule has 0 spiro atoms. The average Bonchev–Trinajstić information content (AvgIpc) is 3.02. The fourth-order valence-corrected chi connectivity index (χ4v) is 4.03. The molecule has 0 radical (unpaired) electrons. The highest BCUT2D eigenvalue weighted by atomic mass is 32.1. The lowest BCUT2D eigenvalue weighted by molar-refractivity contribution is 0.220. The van der Waals surface area contributed by atoms with Crippen molar-refractivity contribution in [3.63, 3.8) is 0 Å². The second kappa shape index (κ2) is 7.24. The summed E-state index contributed by atoms with van der Waals surface area (Å²) in [4.78, 5) is 7.43. The van der Waals surface area contributed by atoms with Crippen molar-refractivity contribution in [2.75, 3.05) is 20.2 Å². The van der Waals surface area contributed by atoms with Crippen LogP contribution in [0.2, 0.25) is 0 Å². The van der Waals surface area contributed by atoms with Crippen molar-refractivity contribution in [2.45, 2.75) is 52.0 Å². The van der Waals surface area contributed by atoms with Gasteiger partial charge < -0.3 is 4.74 Å². The average molecular weight is 345 g/mol. The van der Waals surface area contributed by atoms with E-state index < -0.39 is 0 Å². The Morgan fingerprint density at radius 3 is 2.58 bits per heavy atom. The Hall–Kier alpha value is -1.39. The Labute approximate surface area is 149 Å². The Morgan fingerprint density at radius 1 is 1.17 bits per heavy atom. The van der Waals surface area contributed by atoms with E-state index in [1.807, 2.05) is 0 Å². The van der Waals surface area contributed by atoms with Gasteiger partial charge in [0, 0.05) is 10.9 Å². The first kappa shape index (κ1) is 17.4. The maximum absolute atomic E-state index is 5.58. The van der Waals surface area contributed by atoms with Crippen LogP contribution in [-0.2, 0) is 12.0 Å². The first-order valence-corrected chi connectivity index (χ1v) is 9.71. The Kier molecular flexibility index (Phi) is 5.26. The zero-order valence-corrected chi connectivity index (χ0v) is 16.1. The fraction of sp³-hybridized carbons (Fsp3) is 0.550. The van der Waals surface area contributed by atoms with Crippen LogP contribution in [0.1, 0.15) is 50.6 Å². The minimum Gasteiger partial charge on any atom is -0.496 e. The lowest BCUT2D eigenvalue weighted by Gasteiger charge is -2.25. The molecular weight excluding hydrogens is 316 g/mol. The van der Waals surface area contributed by atoms with Gasteiger partial charge in [0.25, 0.3) is 0 Å². The summed E-state index contributed by atoms with van der Waals surface area (Å²) in [6, 6.07) is 6.46. The molecule has 3 nitrogen and oxygen atoms in total. The van der Waals surface area contributed by atoms with Gasteiger partial charge in [0.15, 0.2) is 0 Å². The van der Waals surface area contributed by atoms with Crippen molar-refractivity contribution in [1.29, 1.82) is 0 Å². The second-order valence-electron chi connectivity index (χ2n) is 7.63. The van der Waals surface area contributed by atoms with Crippen LogP contribution < -0.4 is 4.74 Å². The number of aromatic nitrogens is 1. The zero-order valence-electron chi connectivity index (χ0n) is 15.3. The van der Waals surface area contributed by atoms with Gasteiger partial charge in [-0.05, 0) is 49.0 Å². The van der Waals surface area contributed by atoms with Crippen LogP contribution in [0.4, 0.5) is 0 Å². The molecule has 3 rings (SSSR count). The molecule has 0 N–H and O–H groups in total. The molecule has 130 valence electrons. The summed E-state index contributed by atoms with van der Waals surface area (Å²) < 4.78 is 5.58. The molecule has 0 unspecified atom stereocenters. The van der Waals surface area contributed by atoms with Crippen molar-refractivity contribution in [3.8, 4) is 17.0 Å². The fourth-order valence-electron chi connectivity index (χ4n) is 3.19. The van der Waals surface area contributed by atoms with Crippen LogP contribution in [0, 0.1) is 0 Å². The highest BCUT2D eigenvalue weighted by Gasteiger charge is 2.19. The third-order valence-corrected chi connectivity index (χ3v) is 5.53. The minimum atomic E-state index is 0.119. The van der Waals surface area contributed by atoms with Crippen LogP contribution in [0.15, 0.2) is 23.6 Å². The van der Waals surface area contributed by atoms with E-state index in [0.717, 1.165) is 23.6 Å². The highest BCUT2D eigenvalue weighted by Crippen LogP contribution is 2.35. The van der Waals surface area contributed by atoms with Crippen LogP contribution in [0.5, 0.6) is 5.75 Å². The van der Waals surface area contributed by atoms with Crippen molar-refractivity contribution < 1.29 is 4.74 Å². The molecule has 2 aromatic rings. The molecule has 1 saturated heterocycles. The summed E-state index contributed by atoms with van der Waals surface area (Å²) >= 11 is 1.76. The maximum atomic E-state index is 5.58. The monoisotopic (exact) mass is 344 g/mol. The third-order valence-electron chi connectivity index (χ3n) is 4.70. The number of hydrogen-bond donors (Lipinski definition) is 0. The molecule has 0 saturated carbocycles. The topological polar surface area (TPSA) is 25.4 Å². The van der Waals surface area contributed by atoms with E-state index in [1.54, 1.807) is 18.4 Å². The van der Waals surface area contributed by atoms with Gasteiger partial charge in [-0.3, -0.25) is 4.90 Å². The molecule has 0 atom stereocenters. The largest absolute Gasteiger partial charge is 0.496 e. The Bertz CT molecular complexity index is 681. The van der Waals surface area contributed by atoms with Gasteiger partial charge in [0.2, 0.25) is 0 Å². The van der Waals surface area contributed by atoms with E-state index in [2.05, 4.69) is 49.3 Å². The molecule has 1 aliphatic rings. The van der Waals surface area contributed by atoms with Crippen molar-refractivity contribution in [2.24, 2.45) is 0 Å². The van der Waals surface area contributed by atoms with E-state index in [-0.39, 0.29) is 5.41 Å². The SMILES string of the molecule is COc1ccc(C(C)(C)C)cc1-c1csc(CN2CCCCC2)n1. The number of benzene rings is 1. The summed E-state index contributed by atoms with van der Waals surface area (Å²) in [6.07, 6.45) is 4.01. The van der Waals surface area contributed by atoms with Gasteiger partial charge in [-0.25, -0.2) is 4.98 Å². The molecule has 1 fully saturated rings. The number of ether oxygens (including phenoxy) is 1. The second-order valence-corrected chi connectivity index (χ2v) is 8.57.